The van der Waals surface area contributed by atoms with Crippen LogP contribution in [-0.2, 0) is 14.3 Å². The number of methoxy groups -OCH3 is 1. The Hall–Kier alpha value is -0.610. The SMILES string of the molecule is CCCOCCC(C)(NC(C)C)C(=O)OC. The van der Waals surface area contributed by atoms with E-state index in [4.69, 9.17) is 9.47 Å². The fourth-order valence-electron chi connectivity index (χ4n) is 1.62. The van der Waals surface area contributed by atoms with Crippen LogP contribution in [0.25, 0.3) is 0 Å². The van der Waals surface area contributed by atoms with Crippen molar-refractivity contribution in [2.45, 2.75) is 52.1 Å². The van der Waals surface area contributed by atoms with Gasteiger partial charge in [-0.25, -0.2) is 0 Å². The normalized spacial score (nSPS) is 14.9. The second-order valence-electron chi connectivity index (χ2n) is 4.49. The van der Waals surface area contributed by atoms with Crippen molar-refractivity contribution >= 4 is 5.97 Å². The lowest BCUT2D eigenvalue weighted by Gasteiger charge is -2.30. The number of carbonyl (C=O) groups is 1. The van der Waals surface area contributed by atoms with Gasteiger partial charge in [-0.2, -0.15) is 0 Å². The average Bonchev–Trinajstić information content (AvgIpc) is 2.22. The summed E-state index contributed by atoms with van der Waals surface area (Å²) in [5.74, 6) is -0.235. The van der Waals surface area contributed by atoms with Crippen LogP contribution in [-0.4, -0.2) is 37.9 Å². The molecule has 4 nitrogen and oxygen atoms in total. The fraction of sp³-hybridized carbons (Fsp3) is 0.917. The van der Waals surface area contributed by atoms with Crippen LogP contribution < -0.4 is 5.32 Å². The van der Waals surface area contributed by atoms with E-state index in [1.165, 1.54) is 7.11 Å². The fourth-order valence-corrected chi connectivity index (χ4v) is 1.62. The zero-order chi connectivity index (χ0) is 12.6. The Labute approximate surface area is 98.7 Å². The van der Waals surface area contributed by atoms with Crippen LogP contribution in [0.4, 0.5) is 0 Å². The van der Waals surface area contributed by atoms with Gasteiger partial charge in [0.25, 0.3) is 0 Å². The van der Waals surface area contributed by atoms with E-state index in [-0.39, 0.29) is 12.0 Å². The average molecular weight is 231 g/mol. The predicted molar refractivity (Wildman–Crippen MR) is 64.4 cm³/mol. The summed E-state index contributed by atoms with van der Waals surface area (Å²) in [5.41, 5.74) is -0.656. The lowest BCUT2D eigenvalue weighted by Crippen LogP contribution is -2.53. The standard InChI is InChI=1S/C12H25NO3/c1-6-8-16-9-7-12(4,11(14)15-5)13-10(2)3/h10,13H,6-9H2,1-5H3. The van der Waals surface area contributed by atoms with E-state index in [0.717, 1.165) is 13.0 Å². The first-order chi connectivity index (χ1) is 7.46. The minimum absolute atomic E-state index is 0.232. The van der Waals surface area contributed by atoms with E-state index in [9.17, 15) is 4.79 Å². The topological polar surface area (TPSA) is 47.6 Å². The quantitative estimate of drug-likeness (QED) is 0.510. The lowest BCUT2D eigenvalue weighted by molar-refractivity contribution is -0.149. The minimum atomic E-state index is -0.656. The van der Waals surface area contributed by atoms with Gasteiger partial charge in [-0.3, -0.25) is 10.1 Å². The molecule has 0 aromatic heterocycles. The van der Waals surface area contributed by atoms with Crippen LogP contribution in [0.15, 0.2) is 0 Å². The predicted octanol–water partition coefficient (Wildman–Crippen LogP) is 1.73. The molecule has 1 unspecified atom stereocenters. The Kier molecular flexibility index (Phi) is 7.34. The number of carbonyl (C=O) groups excluding carboxylic acids is 1. The van der Waals surface area contributed by atoms with Crippen molar-refractivity contribution in [2.24, 2.45) is 0 Å². The molecule has 0 rings (SSSR count). The summed E-state index contributed by atoms with van der Waals surface area (Å²) in [4.78, 5) is 11.7. The molecule has 1 N–H and O–H groups in total. The molecule has 0 spiro atoms. The van der Waals surface area contributed by atoms with Gasteiger partial charge in [0.15, 0.2) is 0 Å². The first kappa shape index (κ1) is 15.4. The largest absolute Gasteiger partial charge is 0.468 e. The van der Waals surface area contributed by atoms with Crippen molar-refractivity contribution < 1.29 is 14.3 Å². The van der Waals surface area contributed by atoms with Gasteiger partial charge in [-0.05, 0) is 33.6 Å². The van der Waals surface area contributed by atoms with E-state index in [1.54, 1.807) is 0 Å². The number of nitrogens with one attached hydrogen (secondary N) is 1. The summed E-state index contributed by atoms with van der Waals surface area (Å²) in [7, 11) is 1.41. The van der Waals surface area contributed by atoms with Gasteiger partial charge >= 0.3 is 5.97 Å². The Bertz CT molecular complexity index is 206. The molecule has 96 valence electrons. The van der Waals surface area contributed by atoms with Gasteiger partial charge in [0.2, 0.25) is 0 Å². The van der Waals surface area contributed by atoms with Crippen LogP contribution in [0.5, 0.6) is 0 Å². The molecule has 0 amide bonds. The highest BCUT2D eigenvalue weighted by Crippen LogP contribution is 2.13. The number of rotatable bonds is 8. The summed E-state index contributed by atoms with van der Waals surface area (Å²) >= 11 is 0. The van der Waals surface area contributed by atoms with Crippen molar-refractivity contribution in [2.75, 3.05) is 20.3 Å². The van der Waals surface area contributed by atoms with Crippen LogP contribution in [0, 0.1) is 0 Å². The van der Waals surface area contributed by atoms with Crippen molar-refractivity contribution in [1.29, 1.82) is 0 Å². The number of esters is 1. The molecule has 0 radical (unpaired) electrons. The zero-order valence-electron chi connectivity index (χ0n) is 11.1. The molecule has 16 heavy (non-hydrogen) atoms. The smallest absolute Gasteiger partial charge is 0.325 e. The number of hydrogen-bond acceptors (Lipinski definition) is 4. The van der Waals surface area contributed by atoms with E-state index >= 15 is 0 Å². The van der Waals surface area contributed by atoms with E-state index in [0.29, 0.717) is 13.0 Å². The van der Waals surface area contributed by atoms with Crippen molar-refractivity contribution in [3.63, 3.8) is 0 Å². The van der Waals surface area contributed by atoms with Gasteiger partial charge in [0.1, 0.15) is 5.54 Å². The van der Waals surface area contributed by atoms with Gasteiger partial charge in [-0.15, -0.1) is 0 Å². The maximum Gasteiger partial charge on any atom is 0.325 e. The number of ether oxygens (including phenoxy) is 2. The van der Waals surface area contributed by atoms with Crippen LogP contribution >= 0.6 is 0 Å². The Morgan fingerprint density at radius 2 is 2.00 bits per heavy atom. The maximum absolute atomic E-state index is 11.7. The summed E-state index contributed by atoms with van der Waals surface area (Å²) < 4.78 is 10.2. The van der Waals surface area contributed by atoms with Crippen molar-refractivity contribution in [3.05, 3.63) is 0 Å². The molecular weight excluding hydrogens is 206 g/mol. The Balaban J connectivity index is 4.25. The molecular formula is C12H25NO3. The third-order valence-corrected chi connectivity index (χ3v) is 2.34. The monoisotopic (exact) mass is 231 g/mol. The molecule has 0 saturated heterocycles. The molecule has 0 bridgehead atoms. The van der Waals surface area contributed by atoms with Gasteiger partial charge < -0.3 is 9.47 Å². The van der Waals surface area contributed by atoms with Gasteiger partial charge in [-0.1, -0.05) is 6.92 Å². The molecule has 0 aromatic carbocycles. The summed E-state index contributed by atoms with van der Waals surface area (Å²) in [6.45, 7) is 9.24. The van der Waals surface area contributed by atoms with Gasteiger partial charge in [0.05, 0.1) is 7.11 Å². The first-order valence-electron chi connectivity index (χ1n) is 5.90. The Morgan fingerprint density at radius 1 is 1.38 bits per heavy atom. The maximum atomic E-state index is 11.7. The van der Waals surface area contributed by atoms with Crippen LogP contribution in [0.2, 0.25) is 0 Å². The van der Waals surface area contributed by atoms with E-state index < -0.39 is 5.54 Å². The molecule has 0 aliphatic heterocycles. The molecule has 0 heterocycles. The van der Waals surface area contributed by atoms with Crippen molar-refractivity contribution in [1.82, 2.24) is 5.32 Å². The second-order valence-corrected chi connectivity index (χ2v) is 4.49. The molecule has 1 atom stereocenters. The van der Waals surface area contributed by atoms with E-state index in [1.807, 2.05) is 20.8 Å². The highest BCUT2D eigenvalue weighted by atomic mass is 16.5. The molecule has 4 heteroatoms. The minimum Gasteiger partial charge on any atom is -0.468 e. The van der Waals surface area contributed by atoms with Crippen molar-refractivity contribution in [3.8, 4) is 0 Å². The summed E-state index contributed by atoms with van der Waals surface area (Å²) in [6.07, 6.45) is 1.62. The molecule has 0 aliphatic rings. The third kappa shape index (κ3) is 5.47. The summed E-state index contributed by atoms with van der Waals surface area (Å²) in [6, 6.07) is 0.232. The highest BCUT2D eigenvalue weighted by Gasteiger charge is 2.34. The first-order valence-corrected chi connectivity index (χ1v) is 5.90. The third-order valence-electron chi connectivity index (χ3n) is 2.34. The Morgan fingerprint density at radius 3 is 2.44 bits per heavy atom. The number of hydrogen-bond donors (Lipinski definition) is 1. The highest BCUT2D eigenvalue weighted by molar-refractivity contribution is 5.80. The molecule has 0 aromatic rings. The van der Waals surface area contributed by atoms with Crippen LogP contribution in [0.3, 0.4) is 0 Å². The molecule has 0 saturated carbocycles. The summed E-state index contributed by atoms with van der Waals surface area (Å²) in [5, 5.41) is 3.23. The van der Waals surface area contributed by atoms with Gasteiger partial charge in [0, 0.05) is 19.3 Å². The lowest BCUT2D eigenvalue weighted by atomic mass is 9.97. The molecule has 0 fully saturated rings. The zero-order valence-corrected chi connectivity index (χ0v) is 11.1. The van der Waals surface area contributed by atoms with E-state index in [2.05, 4.69) is 12.2 Å². The van der Waals surface area contributed by atoms with Crippen LogP contribution in [0.1, 0.15) is 40.5 Å². The molecule has 0 aliphatic carbocycles. The second kappa shape index (κ2) is 7.63.